The Kier molecular flexibility index (Phi) is 7.07. The van der Waals surface area contributed by atoms with Gasteiger partial charge in [0, 0.05) is 32.2 Å². The summed E-state index contributed by atoms with van der Waals surface area (Å²) in [5.74, 6) is 0.102. The number of ketones is 1. The van der Waals surface area contributed by atoms with Crippen LogP contribution in [0.1, 0.15) is 34.8 Å². The second-order valence-corrected chi connectivity index (χ2v) is 5.30. The average Bonchev–Trinajstić information content (AvgIpc) is 2.48. The smallest absolute Gasteiger partial charge is 0.179 e. The largest absolute Gasteiger partial charge is 0.383 e. The molecule has 0 saturated heterocycles. The Morgan fingerprint density at radius 1 is 1.38 bits per heavy atom. The van der Waals surface area contributed by atoms with Gasteiger partial charge in [-0.3, -0.25) is 9.69 Å². The van der Waals surface area contributed by atoms with Gasteiger partial charge in [-0.05, 0) is 32.4 Å². The van der Waals surface area contributed by atoms with E-state index in [0.29, 0.717) is 26.1 Å². The molecule has 0 aliphatic rings. The summed E-state index contributed by atoms with van der Waals surface area (Å²) >= 11 is 0. The standard InChI is InChI=1S/C17H24N2O2/c1-13-6-7-14(2)16(12-13)17(20)15(3)19(9-5-8-18)10-11-21-4/h6-7,12,15H,5,9-11H2,1-4H3. The highest BCUT2D eigenvalue weighted by Crippen LogP contribution is 2.16. The lowest BCUT2D eigenvalue weighted by molar-refractivity contribution is 0.0780. The average molecular weight is 288 g/mol. The number of hydrogen-bond donors (Lipinski definition) is 0. The van der Waals surface area contributed by atoms with Crippen LogP contribution in [0.2, 0.25) is 0 Å². The molecule has 1 aromatic carbocycles. The van der Waals surface area contributed by atoms with Gasteiger partial charge in [0.05, 0.1) is 18.7 Å². The molecule has 4 heteroatoms. The minimum atomic E-state index is -0.256. The highest BCUT2D eigenvalue weighted by Gasteiger charge is 2.23. The van der Waals surface area contributed by atoms with Crippen molar-refractivity contribution in [1.29, 1.82) is 5.26 Å². The molecule has 4 nitrogen and oxygen atoms in total. The Morgan fingerprint density at radius 3 is 2.71 bits per heavy atom. The van der Waals surface area contributed by atoms with Crippen molar-refractivity contribution < 1.29 is 9.53 Å². The molecule has 0 bridgehead atoms. The zero-order chi connectivity index (χ0) is 15.8. The minimum absolute atomic E-state index is 0.102. The predicted molar refractivity (Wildman–Crippen MR) is 83.4 cm³/mol. The molecule has 1 unspecified atom stereocenters. The second kappa shape index (κ2) is 8.56. The molecule has 0 saturated carbocycles. The summed E-state index contributed by atoms with van der Waals surface area (Å²) in [5, 5.41) is 8.77. The van der Waals surface area contributed by atoms with Crippen LogP contribution < -0.4 is 0 Å². The van der Waals surface area contributed by atoms with E-state index in [1.807, 2.05) is 43.9 Å². The Labute approximate surface area is 127 Å². The van der Waals surface area contributed by atoms with E-state index in [4.69, 9.17) is 10.00 Å². The zero-order valence-corrected chi connectivity index (χ0v) is 13.3. The first kappa shape index (κ1) is 17.4. The highest BCUT2D eigenvalue weighted by atomic mass is 16.5. The fraction of sp³-hybridized carbons (Fsp3) is 0.529. The van der Waals surface area contributed by atoms with Gasteiger partial charge in [0.2, 0.25) is 0 Å². The fourth-order valence-corrected chi connectivity index (χ4v) is 2.29. The third-order valence-electron chi connectivity index (χ3n) is 3.68. The van der Waals surface area contributed by atoms with E-state index in [1.54, 1.807) is 7.11 Å². The number of nitrogens with zero attached hydrogens (tertiary/aromatic N) is 2. The van der Waals surface area contributed by atoms with Crippen molar-refractivity contribution in [2.75, 3.05) is 26.8 Å². The van der Waals surface area contributed by atoms with Crippen LogP contribution in [0.4, 0.5) is 0 Å². The maximum absolute atomic E-state index is 12.7. The molecule has 0 heterocycles. The zero-order valence-electron chi connectivity index (χ0n) is 13.3. The van der Waals surface area contributed by atoms with Crippen molar-refractivity contribution in [3.05, 3.63) is 34.9 Å². The van der Waals surface area contributed by atoms with Crippen LogP contribution in [-0.4, -0.2) is 43.5 Å². The van der Waals surface area contributed by atoms with Gasteiger partial charge in [0.25, 0.3) is 0 Å². The molecule has 0 fully saturated rings. The Bertz CT molecular complexity index is 520. The van der Waals surface area contributed by atoms with Crippen molar-refractivity contribution >= 4 is 5.78 Å². The van der Waals surface area contributed by atoms with Crippen molar-refractivity contribution in [2.45, 2.75) is 33.2 Å². The van der Waals surface area contributed by atoms with E-state index in [-0.39, 0.29) is 11.8 Å². The lowest BCUT2D eigenvalue weighted by atomic mass is 9.97. The van der Waals surface area contributed by atoms with Crippen LogP contribution in [-0.2, 0) is 4.74 Å². The normalized spacial score (nSPS) is 12.2. The second-order valence-electron chi connectivity index (χ2n) is 5.30. The van der Waals surface area contributed by atoms with Gasteiger partial charge in [0.1, 0.15) is 0 Å². The number of carbonyl (C=O) groups is 1. The molecule has 114 valence electrons. The van der Waals surface area contributed by atoms with Crippen LogP contribution in [0.5, 0.6) is 0 Å². The summed E-state index contributed by atoms with van der Waals surface area (Å²) in [4.78, 5) is 14.7. The first-order valence-corrected chi connectivity index (χ1v) is 7.22. The van der Waals surface area contributed by atoms with Gasteiger partial charge in [0.15, 0.2) is 5.78 Å². The van der Waals surface area contributed by atoms with Crippen LogP contribution in [0.3, 0.4) is 0 Å². The van der Waals surface area contributed by atoms with Crippen LogP contribution >= 0.6 is 0 Å². The number of methoxy groups -OCH3 is 1. The summed E-state index contributed by atoms with van der Waals surface area (Å²) in [5.41, 5.74) is 2.84. The number of rotatable bonds is 8. The topological polar surface area (TPSA) is 53.3 Å². The Balaban J connectivity index is 2.90. The maximum Gasteiger partial charge on any atom is 0.179 e. The summed E-state index contributed by atoms with van der Waals surface area (Å²) in [7, 11) is 1.64. The van der Waals surface area contributed by atoms with Gasteiger partial charge >= 0.3 is 0 Å². The summed E-state index contributed by atoms with van der Waals surface area (Å²) in [6.45, 7) is 7.62. The van der Waals surface area contributed by atoms with Crippen molar-refractivity contribution in [3.8, 4) is 6.07 Å². The lowest BCUT2D eigenvalue weighted by Gasteiger charge is -2.27. The maximum atomic E-state index is 12.7. The van der Waals surface area contributed by atoms with E-state index in [2.05, 4.69) is 6.07 Å². The molecule has 0 N–H and O–H groups in total. The van der Waals surface area contributed by atoms with Gasteiger partial charge in [-0.15, -0.1) is 0 Å². The summed E-state index contributed by atoms with van der Waals surface area (Å²) in [6, 6.07) is 7.80. The first-order chi connectivity index (χ1) is 10.0. The summed E-state index contributed by atoms with van der Waals surface area (Å²) < 4.78 is 5.09. The van der Waals surface area contributed by atoms with Gasteiger partial charge in [-0.1, -0.05) is 17.7 Å². The molecule has 0 amide bonds. The van der Waals surface area contributed by atoms with E-state index in [9.17, 15) is 4.79 Å². The first-order valence-electron chi connectivity index (χ1n) is 7.22. The minimum Gasteiger partial charge on any atom is -0.383 e. The van der Waals surface area contributed by atoms with Crippen molar-refractivity contribution in [3.63, 3.8) is 0 Å². The van der Waals surface area contributed by atoms with E-state index >= 15 is 0 Å². The number of carbonyl (C=O) groups excluding carboxylic acids is 1. The number of hydrogen-bond acceptors (Lipinski definition) is 4. The third-order valence-corrected chi connectivity index (χ3v) is 3.68. The van der Waals surface area contributed by atoms with Crippen LogP contribution in [0.25, 0.3) is 0 Å². The monoisotopic (exact) mass is 288 g/mol. The number of aryl methyl sites for hydroxylation is 2. The van der Waals surface area contributed by atoms with Crippen molar-refractivity contribution in [1.82, 2.24) is 4.90 Å². The molecule has 0 radical (unpaired) electrons. The third kappa shape index (κ3) is 4.96. The van der Waals surface area contributed by atoms with Gasteiger partial charge in [-0.25, -0.2) is 0 Å². The molecule has 1 rings (SSSR count). The quantitative estimate of drug-likeness (QED) is 0.690. The van der Waals surface area contributed by atoms with E-state index in [0.717, 1.165) is 16.7 Å². The SMILES string of the molecule is COCCN(CCC#N)C(C)C(=O)c1cc(C)ccc1C. The number of nitriles is 1. The Morgan fingerprint density at radius 2 is 2.10 bits per heavy atom. The molecule has 0 aromatic heterocycles. The molecule has 0 aliphatic heterocycles. The summed E-state index contributed by atoms with van der Waals surface area (Å²) in [6.07, 6.45) is 0.411. The van der Waals surface area contributed by atoms with Crippen molar-refractivity contribution in [2.24, 2.45) is 0 Å². The molecular weight excluding hydrogens is 264 g/mol. The van der Waals surface area contributed by atoms with Gasteiger partial charge in [-0.2, -0.15) is 5.26 Å². The van der Waals surface area contributed by atoms with E-state index < -0.39 is 0 Å². The molecule has 21 heavy (non-hydrogen) atoms. The number of Topliss-reactive ketones (excluding diaryl/α,β-unsaturated/α-hetero) is 1. The predicted octanol–water partition coefficient (Wildman–Crippen LogP) is 2.74. The van der Waals surface area contributed by atoms with Gasteiger partial charge < -0.3 is 4.74 Å². The highest BCUT2D eigenvalue weighted by molar-refractivity contribution is 6.01. The molecule has 0 spiro atoms. The lowest BCUT2D eigenvalue weighted by Crippen LogP contribution is -2.41. The molecule has 0 aliphatic carbocycles. The molecule has 1 atom stereocenters. The molecule has 1 aromatic rings. The fourth-order valence-electron chi connectivity index (χ4n) is 2.29. The number of ether oxygens (including phenoxy) is 1. The van der Waals surface area contributed by atoms with Crippen LogP contribution in [0.15, 0.2) is 18.2 Å². The van der Waals surface area contributed by atoms with Crippen LogP contribution in [0, 0.1) is 25.2 Å². The Hall–Kier alpha value is -1.70. The van der Waals surface area contributed by atoms with E-state index in [1.165, 1.54) is 0 Å². The number of benzene rings is 1. The molecular formula is C17H24N2O2.